The average Bonchev–Trinajstić information content (AvgIpc) is 2.85. The van der Waals surface area contributed by atoms with E-state index in [9.17, 15) is 9.59 Å². The topological polar surface area (TPSA) is 58.6 Å². The molecule has 3 rings (SSSR count). The molecule has 0 saturated heterocycles. The zero-order chi connectivity index (χ0) is 20.7. The van der Waals surface area contributed by atoms with Crippen LogP contribution < -0.4 is 10.2 Å². The molecule has 5 heteroatoms. The highest BCUT2D eigenvalue weighted by atomic mass is 16.6. The SMILES string of the molecule is CC.CCC(=O)N1c2ccccc2CCc2ccc(NC(=O)OC(C)C)cc21. The van der Waals surface area contributed by atoms with Gasteiger partial charge in [0.05, 0.1) is 17.5 Å². The summed E-state index contributed by atoms with van der Waals surface area (Å²) in [5.74, 6) is 0.0301. The van der Waals surface area contributed by atoms with E-state index in [-0.39, 0.29) is 12.0 Å². The highest BCUT2D eigenvalue weighted by Gasteiger charge is 2.25. The van der Waals surface area contributed by atoms with E-state index in [4.69, 9.17) is 4.74 Å². The fraction of sp³-hybridized carbons (Fsp3) is 0.391. The number of para-hydroxylation sites is 1. The van der Waals surface area contributed by atoms with Gasteiger partial charge in [0.2, 0.25) is 5.91 Å². The van der Waals surface area contributed by atoms with Gasteiger partial charge in [-0.25, -0.2) is 4.79 Å². The molecule has 5 nitrogen and oxygen atoms in total. The number of fused-ring (bicyclic) bond motifs is 2. The third-order valence-corrected chi connectivity index (χ3v) is 4.36. The minimum Gasteiger partial charge on any atom is -0.447 e. The van der Waals surface area contributed by atoms with Crippen molar-refractivity contribution in [3.05, 3.63) is 53.6 Å². The van der Waals surface area contributed by atoms with Gasteiger partial charge in [0, 0.05) is 12.1 Å². The van der Waals surface area contributed by atoms with Gasteiger partial charge in [-0.05, 0) is 56.0 Å². The zero-order valence-corrected chi connectivity index (χ0v) is 17.4. The molecule has 0 bridgehead atoms. The smallest absolute Gasteiger partial charge is 0.411 e. The summed E-state index contributed by atoms with van der Waals surface area (Å²) in [4.78, 5) is 26.4. The largest absolute Gasteiger partial charge is 0.447 e. The molecule has 0 fully saturated rings. The summed E-state index contributed by atoms with van der Waals surface area (Å²) < 4.78 is 5.14. The van der Waals surface area contributed by atoms with Crippen molar-refractivity contribution in [3.8, 4) is 0 Å². The highest BCUT2D eigenvalue weighted by Crippen LogP contribution is 2.38. The number of hydrogen-bond donors (Lipinski definition) is 1. The van der Waals surface area contributed by atoms with Gasteiger partial charge in [-0.2, -0.15) is 0 Å². The lowest BCUT2D eigenvalue weighted by atomic mass is 10.0. The quantitative estimate of drug-likeness (QED) is 0.725. The first kappa shape index (κ1) is 21.5. The van der Waals surface area contributed by atoms with E-state index in [0.717, 1.165) is 35.3 Å². The van der Waals surface area contributed by atoms with Gasteiger partial charge in [-0.15, -0.1) is 0 Å². The molecule has 2 aromatic carbocycles. The molecule has 1 N–H and O–H groups in total. The Labute approximate surface area is 167 Å². The number of anilines is 3. The van der Waals surface area contributed by atoms with Crippen LogP contribution in [0.15, 0.2) is 42.5 Å². The molecule has 28 heavy (non-hydrogen) atoms. The van der Waals surface area contributed by atoms with Gasteiger partial charge in [0.1, 0.15) is 0 Å². The number of nitrogens with one attached hydrogen (secondary N) is 1. The van der Waals surface area contributed by atoms with Crippen molar-refractivity contribution in [2.45, 2.75) is 60.0 Å². The molecular formula is C23H30N2O3. The molecule has 150 valence electrons. The van der Waals surface area contributed by atoms with Crippen LogP contribution in [0, 0.1) is 0 Å². The summed E-state index contributed by atoms with van der Waals surface area (Å²) >= 11 is 0. The van der Waals surface area contributed by atoms with Crippen LogP contribution in [0.25, 0.3) is 0 Å². The van der Waals surface area contributed by atoms with Crippen LogP contribution in [0.3, 0.4) is 0 Å². The Balaban J connectivity index is 0.00000136. The number of hydrogen-bond acceptors (Lipinski definition) is 3. The number of rotatable bonds is 3. The van der Waals surface area contributed by atoms with E-state index < -0.39 is 6.09 Å². The molecule has 0 atom stereocenters. The Bertz CT molecular complexity index is 830. The molecule has 0 radical (unpaired) electrons. The Morgan fingerprint density at radius 1 is 1.04 bits per heavy atom. The van der Waals surface area contributed by atoms with Gasteiger partial charge < -0.3 is 4.74 Å². The fourth-order valence-corrected chi connectivity index (χ4v) is 3.19. The normalized spacial score (nSPS) is 12.1. The molecule has 0 spiro atoms. The number of aryl methyl sites for hydroxylation is 2. The zero-order valence-electron chi connectivity index (χ0n) is 17.4. The van der Waals surface area contributed by atoms with Crippen molar-refractivity contribution in [1.29, 1.82) is 0 Å². The minimum absolute atomic E-state index is 0.0301. The number of nitrogens with zero attached hydrogens (tertiary/aromatic N) is 1. The number of ether oxygens (including phenoxy) is 1. The van der Waals surface area contributed by atoms with Gasteiger partial charge >= 0.3 is 6.09 Å². The Morgan fingerprint density at radius 3 is 2.32 bits per heavy atom. The molecule has 0 saturated carbocycles. The summed E-state index contributed by atoms with van der Waals surface area (Å²) in [5.41, 5.74) is 4.59. The molecule has 1 aliphatic heterocycles. The van der Waals surface area contributed by atoms with E-state index in [2.05, 4.69) is 11.4 Å². The van der Waals surface area contributed by atoms with Crippen LogP contribution in [-0.4, -0.2) is 18.1 Å². The monoisotopic (exact) mass is 382 g/mol. The first-order valence-electron chi connectivity index (χ1n) is 10.0. The van der Waals surface area contributed by atoms with Crippen molar-refractivity contribution in [1.82, 2.24) is 0 Å². The van der Waals surface area contributed by atoms with Crippen LogP contribution >= 0.6 is 0 Å². The number of carbonyl (C=O) groups is 2. The van der Waals surface area contributed by atoms with Crippen molar-refractivity contribution >= 4 is 29.1 Å². The maximum atomic E-state index is 12.7. The summed E-state index contributed by atoms with van der Waals surface area (Å²) in [5, 5.41) is 2.75. The molecule has 0 unspecified atom stereocenters. The summed E-state index contributed by atoms with van der Waals surface area (Å²) in [6, 6.07) is 13.7. The van der Waals surface area contributed by atoms with E-state index >= 15 is 0 Å². The summed E-state index contributed by atoms with van der Waals surface area (Å²) in [6.07, 6.45) is 1.43. The van der Waals surface area contributed by atoms with Gasteiger partial charge in [-0.1, -0.05) is 45.0 Å². The Morgan fingerprint density at radius 2 is 1.68 bits per heavy atom. The standard InChI is InChI=1S/C21H24N2O3.C2H6/c1-4-20(24)23-18-8-6-5-7-15(18)9-10-16-11-12-17(13-19(16)23)22-21(25)26-14(2)3;1-2/h5-8,11-14H,4,9-10H2,1-3H3,(H,22,25);1-2H3. The number of carbonyl (C=O) groups excluding carboxylic acids is 2. The summed E-state index contributed by atoms with van der Waals surface area (Å²) in [6.45, 7) is 9.46. The second-order valence-corrected chi connectivity index (χ2v) is 6.63. The van der Waals surface area contributed by atoms with Crippen LogP contribution in [0.2, 0.25) is 0 Å². The highest BCUT2D eigenvalue weighted by molar-refractivity contribution is 6.03. The van der Waals surface area contributed by atoms with Gasteiger partial charge in [0.25, 0.3) is 0 Å². The van der Waals surface area contributed by atoms with E-state index in [1.165, 1.54) is 0 Å². The Hall–Kier alpha value is -2.82. The molecule has 1 heterocycles. The third-order valence-electron chi connectivity index (χ3n) is 4.36. The van der Waals surface area contributed by atoms with Crippen LogP contribution in [0.4, 0.5) is 21.9 Å². The molecular weight excluding hydrogens is 352 g/mol. The van der Waals surface area contributed by atoms with Crippen LogP contribution in [-0.2, 0) is 22.4 Å². The lowest BCUT2D eigenvalue weighted by Crippen LogP contribution is -2.26. The lowest BCUT2D eigenvalue weighted by molar-refractivity contribution is -0.117. The maximum Gasteiger partial charge on any atom is 0.411 e. The number of benzene rings is 2. The molecule has 0 aromatic heterocycles. The Kier molecular flexibility index (Phi) is 7.61. The first-order valence-corrected chi connectivity index (χ1v) is 10.0. The van der Waals surface area contributed by atoms with Crippen molar-refractivity contribution in [3.63, 3.8) is 0 Å². The first-order chi connectivity index (χ1) is 13.5. The van der Waals surface area contributed by atoms with Crippen LogP contribution in [0.5, 0.6) is 0 Å². The van der Waals surface area contributed by atoms with Crippen molar-refractivity contribution in [2.75, 3.05) is 10.2 Å². The lowest BCUT2D eigenvalue weighted by Gasteiger charge is -2.25. The van der Waals surface area contributed by atoms with Gasteiger partial charge in [-0.3, -0.25) is 15.0 Å². The molecule has 2 amide bonds. The predicted molar refractivity (Wildman–Crippen MR) is 114 cm³/mol. The van der Waals surface area contributed by atoms with Crippen LogP contribution in [0.1, 0.15) is 52.2 Å². The second kappa shape index (κ2) is 9.93. The van der Waals surface area contributed by atoms with E-state index in [1.54, 1.807) is 18.7 Å². The molecule has 1 aliphatic rings. The van der Waals surface area contributed by atoms with Crippen molar-refractivity contribution in [2.24, 2.45) is 0 Å². The minimum atomic E-state index is -0.498. The molecule has 0 aliphatic carbocycles. The second-order valence-electron chi connectivity index (χ2n) is 6.63. The van der Waals surface area contributed by atoms with Crippen molar-refractivity contribution < 1.29 is 14.3 Å². The predicted octanol–water partition coefficient (Wildman–Crippen LogP) is 5.84. The fourth-order valence-electron chi connectivity index (χ4n) is 3.19. The maximum absolute atomic E-state index is 12.7. The average molecular weight is 383 g/mol. The number of amides is 2. The van der Waals surface area contributed by atoms with E-state index in [1.807, 2.05) is 57.2 Å². The van der Waals surface area contributed by atoms with E-state index in [0.29, 0.717) is 12.1 Å². The molecule has 2 aromatic rings. The van der Waals surface area contributed by atoms with Gasteiger partial charge in [0.15, 0.2) is 0 Å². The third kappa shape index (κ3) is 4.91. The summed E-state index contributed by atoms with van der Waals surface area (Å²) in [7, 11) is 0.